The molecule has 1 saturated carbocycles. The second-order valence-corrected chi connectivity index (χ2v) is 12.1. The smallest absolute Gasteiger partial charge is 0.225 e. The Balaban J connectivity index is 1.09. The van der Waals surface area contributed by atoms with Crippen molar-refractivity contribution in [2.75, 3.05) is 37.4 Å². The standard InChI is InChI=1S/C38H43N5/c1-43(2)36-34-20-12-13-21-35(34)41-37(42-36)40-33-24-22-29(23-25-33)28-39-27-26-38(30-14-6-3-7-15-30,31-16-8-4-9-17-31)32-18-10-5-11-19-32/h3-21,29,33,39H,22-28H2,1-2H3,(H,40,41,42)/t29-,33+. The molecule has 5 aromatic rings. The summed E-state index contributed by atoms with van der Waals surface area (Å²) in [6.07, 6.45) is 5.69. The number of fused-ring (bicyclic) bond motifs is 1. The Morgan fingerprint density at radius 2 is 1.21 bits per heavy atom. The zero-order chi connectivity index (χ0) is 29.5. The zero-order valence-corrected chi connectivity index (χ0v) is 25.4. The summed E-state index contributed by atoms with van der Waals surface area (Å²) in [5.41, 5.74) is 4.81. The number of anilines is 2. The van der Waals surface area contributed by atoms with Crippen LogP contribution in [-0.4, -0.2) is 43.2 Å². The summed E-state index contributed by atoms with van der Waals surface area (Å²) in [5, 5.41) is 8.62. The molecule has 6 rings (SSSR count). The molecule has 5 nitrogen and oxygen atoms in total. The van der Waals surface area contributed by atoms with Gasteiger partial charge in [-0.25, -0.2) is 4.98 Å². The van der Waals surface area contributed by atoms with E-state index in [0.717, 1.165) is 55.0 Å². The predicted octanol–water partition coefficient (Wildman–Crippen LogP) is 7.68. The van der Waals surface area contributed by atoms with Crippen molar-refractivity contribution < 1.29 is 0 Å². The van der Waals surface area contributed by atoms with Gasteiger partial charge in [0.2, 0.25) is 5.95 Å². The molecule has 5 heteroatoms. The van der Waals surface area contributed by atoms with Crippen LogP contribution in [0, 0.1) is 5.92 Å². The fourth-order valence-electron chi connectivity index (χ4n) is 6.84. The Morgan fingerprint density at radius 3 is 1.77 bits per heavy atom. The SMILES string of the molecule is CN(C)c1nc(N[C@H]2CC[C@@H](CNCCC(c3ccccc3)(c3ccccc3)c3ccccc3)CC2)nc2ccccc12. The average Bonchev–Trinajstić information content (AvgIpc) is 3.06. The third kappa shape index (κ3) is 6.42. The summed E-state index contributed by atoms with van der Waals surface area (Å²) in [5.74, 6) is 2.39. The van der Waals surface area contributed by atoms with E-state index in [-0.39, 0.29) is 5.41 Å². The van der Waals surface area contributed by atoms with Crippen LogP contribution in [0.1, 0.15) is 48.8 Å². The van der Waals surface area contributed by atoms with Gasteiger partial charge in [-0.2, -0.15) is 4.98 Å². The molecule has 0 bridgehead atoms. The maximum absolute atomic E-state index is 4.86. The molecule has 2 N–H and O–H groups in total. The van der Waals surface area contributed by atoms with E-state index < -0.39 is 0 Å². The Hall–Kier alpha value is -4.22. The molecular formula is C38H43N5. The molecule has 0 spiro atoms. The molecule has 1 aliphatic carbocycles. The van der Waals surface area contributed by atoms with Crippen molar-refractivity contribution in [1.29, 1.82) is 0 Å². The van der Waals surface area contributed by atoms with Crippen molar-refractivity contribution in [2.45, 2.75) is 43.6 Å². The zero-order valence-electron chi connectivity index (χ0n) is 25.4. The summed E-state index contributed by atoms with van der Waals surface area (Å²) >= 11 is 0. The van der Waals surface area contributed by atoms with E-state index in [2.05, 4.69) is 119 Å². The Morgan fingerprint density at radius 1 is 0.674 bits per heavy atom. The van der Waals surface area contributed by atoms with Gasteiger partial charge in [0, 0.05) is 30.9 Å². The first-order valence-corrected chi connectivity index (χ1v) is 15.7. The van der Waals surface area contributed by atoms with Crippen LogP contribution >= 0.6 is 0 Å². The van der Waals surface area contributed by atoms with E-state index >= 15 is 0 Å². The normalized spacial score (nSPS) is 17.1. The van der Waals surface area contributed by atoms with Crippen molar-refractivity contribution >= 4 is 22.7 Å². The van der Waals surface area contributed by atoms with Gasteiger partial charge in [-0.05, 0) is 79.9 Å². The molecule has 220 valence electrons. The van der Waals surface area contributed by atoms with Crippen molar-refractivity contribution in [3.05, 3.63) is 132 Å². The third-order valence-corrected chi connectivity index (χ3v) is 9.10. The van der Waals surface area contributed by atoms with Crippen LogP contribution in [0.15, 0.2) is 115 Å². The van der Waals surface area contributed by atoms with Crippen molar-refractivity contribution in [3.63, 3.8) is 0 Å². The van der Waals surface area contributed by atoms with Crippen molar-refractivity contribution in [2.24, 2.45) is 5.92 Å². The first-order valence-electron chi connectivity index (χ1n) is 15.7. The number of nitrogens with zero attached hydrogens (tertiary/aromatic N) is 3. The summed E-state index contributed by atoms with van der Waals surface area (Å²) in [7, 11) is 4.08. The van der Waals surface area contributed by atoms with Gasteiger partial charge in [0.05, 0.1) is 5.52 Å². The summed E-state index contributed by atoms with van der Waals surface area (Å²) in [6.45, 7) is 2.01. The highest BCUT2D eigenvalue weighted by Gasteiger charge is 2.35. The quantitative estimate of drug-likeness (QED) is 0.126. The lowest BCUT2D eigenvalue weighted by molar-refractivity contribution is 0.321. The first kappa shape index (κ1) is 28.9. The van der Waals surface area contributed by atoms with Gasteiger partial charge in [0.25, 0.3) is 0 Å². The van der Waals surface area contributed by atoms with E-state index in [1.807, 2.05) is 26.2 Å². The number of para-hydroxylation sites is 1. The number of rotatable bonds is 11. The lowest BCUT2D eigenvalue weighted by atomic mass is 9.67. The van der Waals surface area contributed by atoms with Gasteiger partial charge >= 0.3 is 0 Å². The summed E-state index contributed by atoms with van der Waals surface area (Å²) in [6, 6.07) is 41.7. The highest BCUT2D eigenvalue weighted by atomic mass is 15.2. The van der Waals surface area contributed by atoms with Crippen molar-refractivity contribution in [1.82, 2.24) is 15.3 Å². The largest absolute Gasteiger partial charge is 0.362 e. The van der Waals surface area contributed by atoms with Crippen LogP contribution in [0.2, 0.25) is 0 Å². The van der Waals surface area contributed by atoms with Gasteiger partial charge in [-0.1, -0.05) is 103 Å². The van der Waals surface area contributed by atoms with Crippen LogP contribution in [0.5, 0.6) is 0 Å². The second kappa shape index (κ2) is 13.4. The van der Waals surface area contributed by atoms with E-state index in [4.69, 9.17) is 9.97 Å². The maximum atomic E-state index is 4.86. The Labute approximate surface area is 256 Å². The molecule has 0 amide bonds. The number of benzene rings is 4. The average molecular weight is 570 g/mol. The molecule has 1 aromatic heterocycles. The van der Waals surface area contributed by atoms with Gasteiger partial charge in [-0.15, -0.1) is 0 Å². The van der Waals surface area contributed by atoms with E-state index in [1.54, 1.807) is 0 Å². The number of hydrogen-bond acceptors (Lipinski definition) is 5. The fourth-order valence-corrected chi connectivity index (χ4v) is 6.84. The highest BCUT2D eigenvalue weighted by Crippen LogP contribution is 2.42. The molecule has 1 fully saturated rings. The topological polar surface area (TPSA) is 53.1 Å². The molecule has 1 heterocycles. The van der Waals surface area contributed by atoms with E-state index in [9.17, 15) is 0 Å². The van der Waals surface area contributed by atoms with Gasteiger partial charge < -0.3 is 15.5 Å². The predicted molar refractivity (Wildman–Crippen MR) is 180 cm³/mol. The van der Waals surface area contributed by atoms with E-state index in [1.165, 1.54) is 29.5 Å². The lowest BCUT2D eigenvalue weighted by Crippen LogP contribution is -2.36. The van der Waals surface area contributed by atoms with Gasteiger partial charge in [-0.3, -0.25) is 0 Å². The molecule has 1 aliphatic rings. The van der Waals surface area contributed by atoms with Crippen LogP contribution in [0.4, 0.5) is 11.8 Å². The van der Waals surface area contributed by atoms with Gasteiger partial charge in [0.1, 0.15) is 5.82 Å². The molecule has 4 aromatic carbocycles. The molecule has 0 aliphatic heterocycles. The van der Waals surface area contributed by atoms with E-state index in [0.29, 0.717) is 12.0 Å². The Kier molecular flexibility index (Phi) is 8.99. The minimum absolute atomic E-state index is 0.205. The summed E-state index contributed by atoms with van der Waals surface area (Å²) in [4.78, 5) is 11.8. The van der Waals surface area contributed by atoms with Crippen molar-refractivity contribution in [3.8, 4) is 0 Å². The molecule has 0 unspecified atom stereocenters. The van der Waals surface area contributed by atoms with Gasteiger partial charge in [0.15, 0.2) is 0 Å². The Bertz CT molecular complexity index is 1480. The van der Waals surface area contributed by atoms with Crippen LogP contribution in [-0.2, 0) is 5.41 Å². The number of nitrogens with one attached hydrogen (secondary N) is 2. The third-order valence-electron chi connectivity index (χ3n) is 9.10. The van der Waals surface area contributed by atoms with Crippen LogP contribution in [0.25, 0.3) is 10.9 Å². The monoisotopic (exact) mass is 569 g/mol. The highest BCUT2D eigenvalue weighted by molar-refractivity contribution is 5.90. The minimum Gasteiger partial charge on any atom is -0.362 e. The second-order valence-electron chi connectivity index (χ2n) is 12.1. The first-order chi connectivity index (χ1) is 21.1. The number of aromatic nitrogens is 2. The lowest BCUT2D eigenvalue weighted by Gasteiger charge is -2.36. The fraction of sp³-hybridized carbons (Fsp3) is 0.316. The number of hydrogen-bond donors (Lipinski definition) is 2. The van der Waals surface area contributed by atoms with Crippen LogP contribution < -0.4 is 15.5 Å². The van der Waals surface area contributed by atoms with Crippen LogP contribution in [0.3, 0.4) is 0 Å². The maximum Gasteiger partial charge on any atom is 0.225 e. The summed E-state index contributed by atoms with van der Waals surface area (Å²) < 4.78 is 0. The molecular weight excluding hydrogens is 526 g/mol. The molecule has 0 atom stereocenters. The minimum atomic E-state index is -0.205. The molecule has 0 radical (unpaired) electrons. The molecule has 0 saturated heterocycles. The molecule has 43 heavy (non-hydrogen) atoms.